The van der Waals surface area contributed by atoms with Gasteiger partial charge < -0.3 is 18.3 Å². The van der Waals surface area contributed by atoms with Crippen LogP contribution in [0.5, 0.6) is 6.01 Å². The van der Waals surface area contributed by atoms with Crippen LogP contribution >= 0.6 is 0 Å². The van der Waals surface area contributed by atoms with Gasteiger partial charge in [-0.2, -0.15) is 9.97 Å². The maximum atomic E-state index is 12.2. The summed E-state index contributed by atoms with van der Waals surface area (Å²) in [6.45, 7) is 30.8. The molecule has 1 atom stereocenters. The molecule has 1 fully saturated rings. The van der Waals surface area contributed by atoms with Gasteiger partial charge in [0.25, 0.3) is 0 Å². The third-order valence-corrected chi connectivity index (χ3v) is 22.4. The van der Waals surface area contributed by atoms with Crippen molar-refractivity contribution in [3.05, 3.63) is 75.6 Å². The van der Waals surface area contributed by atoms with E-state index in [0.29, 0.717) is 38.2 Å². The molecule has 1 unspecified atom stereocenters. The van der Waals surface area contributed by atoms with Crippen molar-refractivity contribution in [3.63, 3.8) is 0 Å². The van der Waals surface area contributed by atoms with Crippen LogP contribution in [0, 0.1) is 32.1 Å². The average Bonchev–Trinajstić information content (AvgIpc) is 3.79. The molecule has 0 radical (unpaired) electrons. The summed E-state index contributed by atoms with van der Waals surface area (Å²) < 4.78 is 24.8. The predicted molar refractivity (Wildman–Crippen MR) is 226 cm³/mol. The third-order valence-electron chi connectivity index (χ3n) is 13.4. The lowest BCUT2D eigenvalue weighted by molar-refractivity contribution is -0.141. The Morgan fingerprint density at radius 2 is 1.44 bits per heavy atom. The SMILES string of the molecule is COC(=O)CC1c2ccc(CCc3cccc(-c4c(C)nc(OCC(CO[Si](C)(C)C(C)(C)C)CO[Si](C)(C)C(C)(C)C)nc4C)c3C)cc2CC12CC2. The van der Waals surface area contributed by atoms with Gasteiger partial charge in [-0.05, 0) is 128 Å². The van der Waals surface area contributed by atoms with E-state index in [9.17, 15) is 4.79 Å². The topological polar surface area (TPSA) is 79.8 Å². The molecule has 0 aliphatic heterocycles. The van der Waals surface area contributed by atoms with Gasteiger partial charge in [-0.3, -0.25) is 4.79 Å². The van der Waals surface area contributed by atoms with E-state index in [1.54, 1.807) is 0 Å². The quantitative estimate of drug-likeness (QED) is 0.112. The number of aromatic nitrogens is 2. The summed E-state index contributed by atoms with van der Waals surface area (Å²) in [7, 11) is -2.40. The number of rotatable bonds is 15. The number of carbonyl (C=O) groups is 1. The summed E-state index contributed by atoms with van der Waals surface area (Å²) in [6, 6.07) is 14.0. The Bertz CT molecular complexity index is 1770. The van der Waals surface area contributed by atoms with Crippen LogP contribution in [0.2, 0.25) is 36.3 Å². The molecule has 3 aromatic rings. The molecule has 296 valence electrons. The molecule has 0 amide bonds. The van der Waals surface area contributed by atoms with E-state index >= 15 is 0 Å². The molecular formula is C45H68N2O5Si2. The first-order valence-corrected chi connectivity index (χ1v) is 25.9. The summed E-state index contributed by atoms with van der Waals surface area (Å²) in [5, 5.41) is 0.250. The molecule has 7 nitrogen and oxygen atoms in total. The van der Waals surface area contributed by atoms with E-state index in [0.717, 1.165) is 36.2 Å². The lowest BCUT2D eigenvalue weighted by Gasteiger charge is -2.39. The minimum absolute atomic E-state index is 0.0675. The highest BCUT2D eigenvalue weighted by atomic mass is 28.4. The van der Waals surface area contributed by atoms with E-state index in [1.807, 2.05) is 0 Å². The molecule has 54 heavy (non-hydrogen) atoms. The zero-order valence-corrected chi connectivity index (χ0v) is 37.9. The number of methoxy groups -OCH3 is 1. The van der Waals surface area contributed by atoms with E-state index in [4.69, 9.17) is 28.3 Å². The number of ether oxygens (including phenoxy) is 2. The standard InChI is InChI=1S/C45H68N2O5Si2/c1-30-35(20-18-33-19-21-38-36(24-33)26-45(22-23-45)39(38)25-40(48)49-10)16-15-17-37(30)41-31(2)46-42(47-32(41)3)50-27-34(28-51-53(11,12)43(4,5)6)29-52-54(13,14)44(7,8)9/h15-17,19,21,24,34,39H,18,20,22-23,25-29H2,1-14H3. The lowest BCUT2D eigenvalue weighted by Crippen LogP contribution is -2.45. The molecule has 2 aromatic carbocycles. The van der Waals surface area contributed by atoms with Crippen molar-refractivity contribution in [2.75, 3.05) is 26.9 Å². The van der Waals surface area contributed by atoms with E-state index in [1.165, 1.54) is 53.3 Å². The fraction of sp³-hybridized carbons (Fsp3) is 0.622. The molecule has 1 aromatic heterocycles. The monoisotopic (exact) mass is 772 g/mol. The van der Waals surface area contributed by atoms with Crippen LogP contribution in [0.4, 0.5) is 0 Å². The Morgan fingerprint density at radius 1 is 0.852 bits per heavy atom. The van der Waals surface area contributed by atoms with Gasteiger partial charge in [0.1, 0.15) is 0 Å². The van der Waals surface area contributed by atoms with Gasteiger partial charge in [0.05, 0.1) is 31.5 Å². The highest BCUT2D eigenvalue weighted by molar-refractivity contribution is 6.74. The Balaban J connectivity index is 1.28. The van der Waals surface area contributed by atoms with Gasteiger partial charge in [0, 0.05) is 30.6 Å². The predicted octanol–water partition coefficient (Wildman–Crippen LogP) is 10.9. The van der Waals surface area contributed by atoms with Crippen LogP contribution < -0.4 is 4.74 Å². The van der Waals surface area contributed by atoms with Crippen LogP contribution in [0.25, 0.3) is 11.1 Å². The second kappa shape index (κ2) is 15.9. The average molecular weight is 773 g/mol. The lowest BCUT2D eigenvalue weighted by atomic mass is 9.86. The van der Waals surface area contributed by atoms with Gasteiger partial charge in [0.15, 0.2) is 16.6 Å². The Kier molecular flexibility index (Phi) is 12.5. The van der Waals surface area contributed by atoms with Crippen LogP contribution in [0.3, 0.4) is 0 Å². The van der Waals surface area contributed by atoms with Crippen LogP contribution in [-0.2, 0) is 37.6 Å². The minimum Gasteiger partial charge on any atom is -0.469 e. The Hall–Kier alpha value is -2.86. The second-order valence-electron chi connectivity index (χ2n) is 19.4. The second-order valence-corrected chi connectivity index (χ2v) is 29.0. The molecule has 2 aliphatic carbocycles. The van der Waals surface area contributed by atoms with Crippen LogP contribution in [0.15, 0.2) is 36.4 Å². The molecular weight excluding hydrogens is 705 g/mol. The molecule has 5 rings (SSSR count). The minimum atomic E-state index is -1.95. The van der Waals surface area contributed by atoms with Crippen LogP contribution in [0.1, 0.15) is 106 Å². The first kappa shape index (κ1) is 42.3. The molecule has 0 saturated heterocycles. The zero-order chi connectivity index (χ0) is 39.9. The van der Waals surface area contributed by atoms with Crippen molar-refractivity contribution in [3.8, 4) is 17.1 Å². The summed E-state index contributed by atoms with van der Waals surface area (Å²) in [4.78, 5) is 22.0. The first-order chi connectivity index (χ1) is 25.1. The molecule has 1 spiro atoms. The Morgan fingerprint density at radius 3 is 1.98 bits per heavy atom. The highest BCUT2D eigenvalue weighted by Gasteiger charge is 2.54. The molecule has 2 aliphatic rings. The zero-order valence-electron chi connectivity index (χ0n) is 35.9. The fourth-order valence-electron chi connectivity index (χ4n) is 7.47. The summed E-state index contributed by atoms with van der Waals surface area (Å²) in [5.74, 6) is 0.260. The van der Waals surface area contributed by atoms with Gasteiger partial charge in [-0.1, -0.05) is 77.9 Å². The van der Waals surface area contributed by atoms with E-state index < -0.39 is 16.6 Å². The van der Waals surface area contributed by atoms with Crippen molar-refractivity contribution in [2.45, 2.75) is 143 Å². The number of nitrogens with zero attached hydrogens (tertiary/aromatic N) is 2. The first-order valence-electron chi connectivity index (χ1n) is 20.1. The van der Waals surface area contributed by atoms with Crippen molar-refractivity contribution in [1.29, 1.82) is 0 Å². The van der Waals surface area contributed by atoms with Gasteiger partial charge in [-0.15, -0.1) is 0 Å². The molecule has 9 heteroatoms. The Labute approximate surface area is 328 Å². The number of fused-ring (bicyclic) bond motifs is 1. The van der Waals surface area contributed by atoms with Crippen molar-refractivity contribution < 1.29 is 23.1 Å². The van der Waals surface area contributed by atoms with Gasteiger partial charge in [-0.25, -0.2) is 0 Å². The van der Waals surface area contributed by atoms with Crippen molar-refractivity contribution >= 4 is 22.6 Å². The fourth-order valence-corrected chi connectivity index (χ4v) is 9.64. The molecule has 1 saturated carbocycles. The summed E-state index contributed by atoms with van der Waals surface area (Å²) >= 11 is 0. The van der Waals surface area contributed by atoms with Crippen molar-refractivity contribution in [1.82, 2.24) is 9.97 Å². The highest BCUT2D eigenvalue weighted by Crippen LogP contribution is 2.64. The number of carbonyl (C=O) groups excluding carboxylic acids is 1. The molecule has 0 bridgehead atoms. The smallest absolute Gasteiger partial charge is 0.316 e. The maximum absolute atomic E-state index is 12.2. The number of benzene rings is 2. The van der Waals surface area contributed by atoms with E-state index in [2.05, 4.69) is 125 Å². The summed E-state index contributed by atoms with van der Waals surface area (Å²) in [5.41, 5.74) is 11.1. The summed E-state index contributed by atoms with van der Waals surface area (Å²) in [6.07, 6.45) is 5.90. The maximum Gasteiger partial charge on any atom is 0.316 e. The van der Waals surface area contributed by atoms with E-state index in [-0.39, 0.29) is 27.4 Å². The van der Waals surface area contributed by atoms with Gasteiger partial charge >= 0.3 is 12.0 Å². The number of esters is 1. The number of hydrogen-bond donors (Lipinski definition) is 0. The largest absolute Gasteiger partial charge is 0.469 e. The normalized spacial score (nSPS) is 16.9. The van der Waals surface area contributed by atoms with Crippen molar-refractivity contribution in [2.24, 2.45) is 11.3 Å². The number of hydrogen-bond acceptors (Lipinski definition) is 7. The molecule has 0 N–H and O–H groups in total. The van der Waals surface area contributed by atoms with Gasteiger partial charge in [0.2, 0.25) is 0 Å². The van der Waals surface area contributed by atoms with Crippen LogP contribution in [-0.4, -0.2) is 59.5 Å². The third kappa shape index (κ3) is 9.39. The number of aryl methyl sites for hydroxylation is 4. The molecule has 1 heterocycles.